The van der Waals surface area contributed by atoms with Crippen LogP contribution >= 0.6 is 11.6 Å². The molecule has 0 unspecified atom stereocenters. The van der Waals surface area contributed by atoms with Gasteiger partial charge >= 0.3 is 18.2 Å². The highest BCUT2D eigenvalue weighted by Crippen LogP contribution is 2.44. The number of urea groups is 1. The number of hydrogen-bond donors (Lipinski definition) is 7. The van der Waals surface area contributed by atoms with Crippen LogP contribution in [-0.2, 0) is 39.4 Å². The molecule has 0 saturated carbocycles. The largest absolute Gasteiger partial charge is 0.459 e. The van der Waals surface area contributed by atoms with Gasteiger partial charge in [-0.3, -0.25) is 4.79 Å². The predicted molar refractivity (Wildman–Crippen MR) is 234 cm³/mol. The zero-order chi connectivity index (χ0) is 49.2. The molecule has 16 nitrogen and oxygen atoms in total. The van der Waals surface area contributed by atoms with Crippen molar-refractivity contribution in [3.8, 4) is 0 Å². The first-order valence-electron chi connectivity index (χ1n) is 22.4. The van der Waals surface area contributed by atoms with E-state index in [0.717, 1.165) is 24.3 Å². The van der Waals surface area contributed by atoms with Gasteiger partial charge in [-0.25, -0.2) is 4.79 Å². The van der Waals surface area contributed by atoms with Gasteiger partial charge in [-0.15, -0.1) is 11.6 Å². The lowest BCUT2D eigenvalue weighted by Crippen LogP contribution is -2.67. The maximum absolute atomic E-state index is 14.4. The fourth-order valence-corrected chi connectivity index (χ4v) is 10.1. The number of cyclic esters (lactones) is 1. The molecule has 65 heavy (non-hydrogen) atoms. The number of alkyl halides is 4. The van der Waals surface area contributed by atoms with E-state index in [1.54, 1.807) is 55.4 Å². The van der Waals surface area contributed by atoms with Crippen LogP contribution in [0.15, 0.2) is 24.3 Å². The van der Waals surface area contributed by atoms with E-state index in [0.29, 0.717) is 0 Å². The van der Waals surface area contributed by atoms with E-state index < -0.39 is 125 Å². The summed E-state index contributed by atoms with van der Waals surface area (Å²) in [5.41, 5.74) is -7.44. The Bertz CT molecular complexity index is 1730. The Morgan fingerprint density at radius 1 is 1.00 bits per heavy atom. The second-order valence-corrected chi connectivity index (χ2v) is 19.6. The summed E-state index contributed by atoms with van der Waals surface area (Å²) < 4.78 is 77.3. The number of methoxy groups -OCH3 is 1. The summed E-state index contributed by atoms with van der Waals surface area (Å²) in [6.07, 6.45) is -15.2. The number of aliphatic hydroxyl groups excluding tert-OH is 2. The summed E-state index contributed by atoms with van der Waals surface area (Å²) in [6, 6.07) is 1.54. The number of esters is 1. The Hall–Kier alpha value is -2.40. The van der Waals surface area contributed by atoms with E-state index >= 15 is 0 Å². The average Bonchev–Trinajstić information content (AvgIpc) is 3.23. The highest BCUT2D eigenvalue weighted by Gasteiger charge is 2.58. The number of likely N-dealkylation sites (N-methyl/N-ethyl adjacent to an activating group) is 1. The third-order valence-electron chi connectivity index (χ3n) is 14.0. The number of carbonyl (C=O) groups is 2. The monoisotopic (exact) mass is 955 g/mol. The predicted octanol–water partition coefficient (Wildman–Crippen LogP) is 4.79. The van der Waals surface area contributed by atoms with Crippen molar-refractivity contribution in [3.05, 3.63) is 29.8 Å². The summed E-state index contributed by atoms with van der Waals surface area (Å²) in [4.78, 5) is 29.1. The lowest BCUT2D eigenvalue weighted by Gasteiger charge is -2.53. The fraction of sp³-hybridized carbons (Fsp3) is 0.822. The van der Waals surface area contributed by atoms with Crippen molar-refractivity contribution in [3.63, 3.8) is 0 Å². The Morgan fingerprint density at radius 2 is 1.62 bits per heavy atom. The minimum atomic E-state index is -4.57. The number of ether oxygens (including phenoxy) is 6. The molecule has 0 bridgehead atoms. The number of carbonyl (C=O) groups excluding carboxylic acids is 2. The number of hydrogen-bond acceptors (Lipinski definition) is 14. The normalized spacial score (nSPS) is 42.9. The molecule has 1 aromatic rings. The van der Waals surface area contributed by atoms with Gasteiger partial charge in [0.05, 0.1) is 53.4 Å². The van der Waals surface area contributed by atoms with Crippen molar-refractivity contribution in [2.24, 2.45) is 17.8 Å². The minimum Gasteiger partial charge on any atom is -0.459 e. The molecule has 3 aliphatic rings. The van der Waals surface area contributed by atoms with Crippen LogP contribution in [-0.4, -0.2) is 159 Å². The second kappa shape index (κ2) is 21.5. The van der Waals surface area contributed by atoms with E-state index in [-0.39, 0.29) is 49.7 Å². The van der Waals surface area contributed by atoms with Crippen molar-refractivity contribution >= 4 is 29.3 Å². The maximum atomic E-state index is 14.4. The number of anilines is 1. The van der Waals surface area contributed by atoms with Crippen molar-refractivity contribution in [1.29, 1.82) is 0 Å². The molecule has 4 rings (SSSR count). The van der Waals surface area contributed by atoms with E-state index in [1.807, 2.05) is 6.92 Å². The van der Waals surface area contributed by atoms with Crippen LogP contribution in [0.1, 0.15) is 100 Å². The molecular formula is C45H73ClF3N3O13. The van der Waals surface area contributed by atoms with Crippen molar-refractivity contribution in [1.82, 2.24) is 10.2 Å². The summed E-state index contributed by atoms with van der Waals surface area (Å²) >= 11 is 6.28. The van der Waals surface area contributed by atoms with Crippen LogP contribution in [0.3, 0.4) is 0 Å². The highest BCUT2D eigenvalue weighted by molar-refractivity contribution is 6.18. The van der Waals surface area contributed by atoms with Crippen molar-refractivity contribution in [2.75, 3.05) is 31.9 Å². The number of rotatable bonds is 9. The molecule has 20 heteroatoms. The zero-order valence-electron chi connectivity index (χ0n) is 39.6. The SMILES string of the molecule is CC[C@H]1OC(=O)[C@H](C)[C@@H](O[C@H]2C[C@@](C)(OC)[C@](O)(CCl)[C@H](C)O2)[C@H](C)[C@@H](O[C@@H]2O[C@H](C)C[C@H](N(C)C(=O)Nc3ccc(C(F)(F)F)cc3)[C@H]2O)[C@](C)(O)C[C@@H](C)CN[C@H](C)[C@@H](O)[C@]1(C)O. The average molecular weight is 957 g/mol. The van der Waals surface area contributed by atoms with Crippen molar-refractivity contribution in [2.45, 2.75) is 191 Å². The third-order valence-corrected chi connectivity index (χ3v) is 14.4. The number of halogens is 4. The number of benzene rings is 1. The van der Waals surface area contributed by atoms with Gasteiger partial charge in [0.15, 0.2) is 12.6 Å². The number of aliphatic hydroxyl groups is 5. The Morgan fingerprint density at radius 3 is 2.17 bits per heavy atom. The van der Waals surface area contributed by atoms with E-state index in [2.05, 4.69) is 10.6 Å². The summed E-state index contributed by atoms with van der Waals surface area (Å²) in [5, 5.41) is 65.1. The maximum Gasteiger partial charge on any atom is 0.416 e. The Kier molecular flexibility index (Phi) is 18.2. The molecule has 374 valence electrons. The molecule has 3 heterocycles. The molecule has 0 aromatic heterocycles. The van der Waals surface area contributed by atoms with E-state index in [4.69, 9.17) is 40.0 Å². The lowest BCUT2D eigenvalue weighted by atomic mass is 9.76. The van der Waals surface area contributed by atoms with Gasteiger partial charge in [0.1, 0.15) is 35.1 Å². The number of amides is 2. The van der Waals surface area contributed by atoms with Gasteiger partial charge in [-0.2, -0.15) is 13.2 Å². The first-order chi connectivity index (χ1) is 30.0. The van der Waals surface area contributed by atoms with Crippen LogP contribution in [0.4, 0.5) is 23.7 Å². The van der Waals surface area contributed by atoms with Gasteiger partial charge in [0, 0.05) is 38.2 Å². The van der Waals surface area contributed by atoms with E-state index in [1.165, 1.54) is 26.0 Å². The third kappa shape index (κ3) is 12.3. The standard InChI is InChI=1S/C45H73ClF3N3O13/c1-13-32-43(10,58)36(54)27(6)50-21-23(2)19-41(8,57)37(25(4)35(26(5)38(55)63-32)64-33-20-42(9,60-12)44(59,22-46)28(7)62-33)65-39-34(53)31(18-24(3)61-39)52(11)40(56)51-30-16-14-29(15-17-30)45(47,48)49/h14-17,23-28,31-37,39,50,53-54,57-59H,13,18-22H2,1-12H3,(H,51,56)/t23-,24-,25+,26-,27-,28+,31+,32-,33+,34-,35+,36-,37-,39+,41-,42-,43-,44+/m1/s1. The van der Waals surface area contributed by atoms with Crippen LogP contribution in [0.25, 0.3) is 0 Å². The van der Waals surface area contributed by atoms with Crippen LogP contribution in [0.2, 0.25) is 0 Å². The zero-order valence-corrected chi connectivity index (χ0v) is 40.4. The number of nitrogens with zero attached hydrogens (tertiary/aromatic N) is 1. The highest BCUT2D eigenvalue weighted by atomic mass is 35.5. The summed E-state index contributed by atoms with van der Waals surface area (Å²) in [7, 11) is 2.84. The fourth-order valence-electron chi connectivity index (χ4n) is 9.65. The molecule has 18 atom stereocenters. The van der Waals surface area contributed by atoms with Gasteiger partial charge < -0.3 is 69.5 Å². The Balaban J connectivity index is 1.76. The molecule has 2 amide bonds. The first kappa shape index (κ1) is 55.2. The lowest BCUT2D eigenvalue weighted by molar-refractivity contribution is -0.333. The van der Waals surface area contributed by atoms with Crippen molar-refractivity contribution < 1.29 is 76.7 Å². The number of nitrogens with one attached hydrogen (secondary N) is 2. The first-order valence-corrected chi connectivity index (χ1v) is 22.9. The summed E-state index contributed by atoms with van der Waals surface area (Å²) in [5.74, 6) is -3.53. The van der Waals surface area contributed by atoms with Gasteiger partial charge in [-0.05, 0) is 104 Å². The van der Waals surface area contributed by atoms with Gasteiger partial charge in [-0.1, -0.05) is 20.8 Å². The molecule has 0 aliphatic carbocycles. The quantitative estimate of drug-likeness (QED) is 0.131. The topological polar surface area (TPSA) is 218 Å². The minimum absolute atomic E-state index is 0.0516. The van der Waals surface area contributed by atoms with Gasteiger partial charge in [0.2, 0.25) is 0 Å². The smallest absolute Gasteiger partial charge is 0.416 e. The molecule has 3 saturated heterocycles. The molecular weight excluding hydrogens is 883 g/mol. The van der Waals surface area contributed by atoms with Crippen LogP contribution in [0.5, 0.6) is 0 Å². The molecule has 3 aliphatic heterocycles. The molecule has 7 N–H and O–H groups in total. The molecule has 3 fully saturated rings. The molecule has 1 aromatic carbocycles. The Labute approximate surface area is 385 Å². The molecule has 0 radical (unpaired) electrons. The van der Waals surface area contributed by atoms with Crippen LogP contribution < -0.4 is 10.6 Å². The van der Waals surface area contributed by atoms with E-state index in [9.17, 15) is 48.3 Å². The van der Waals surface area contributed by atoms with Gasteiger partial charge in [0.25, 0.3) is 0 Å². The molecule has 0 spiro atoms. The van der Waals surface area contributed by atoms with Crippen LogP contribution in [0, 0.1) is 17.8 Å². The second-order valence-electron chi connectivity index (χ2n) is 19.3. The summed E-state index contributed by atoms with van der Waals surface area (Å²) in [6.45, 7) is 16.7.